The van der Waals surface area contributed by atoms with Crippen molar-refractivity contribution in [3.8, 4) is 22.5 Å². The highest BCUT2D eigenvalue weighted by Gasteiger charge is 2.58. The number of benzene rings is 2. The number of H-pyrrole nitrogens is 2. The number of hydrogen-bond donors (Lipinski definition) is 4. The number of nitrogens with zero attached hydrogens (tertiary/aromatic N) is 5. The summed E-state index contributed by atoms with van der Waals surface area (Å²) in [6.45, 7) is 4.90. The van der Waals surface area contributed by atoms with Crippen LogP contribution in [0.3, 0.4) is 0 Å². The summed E-state index contributed by atoms with van der Waals surface area (Å²) in [6, 6.07) is 14.9. The lowest BCUT2D eigenvalue weighted by molar-refractivity contribution is -0.141. The number of alkyl carbamates (subject to hydrolysis) is 1. The third-order valence-corrected chi connectivity index (χ3v) is 13.5. The van der Waals surface area contributed by atoms with E-state index in [2.05, 4.69) is 76.0 Å². The van der Waals surface area contributed by atoms with Crippen LogP contribution in [0.25, 0.3) is 34.7 Å². The minimum Gasteiger partial charge on any atom is -0.465 e. The molecule has 0 radical (unpaired) electrons. The molecule has 0 spiro atoms. The van der Waals surface area contributed by atoms with Gasteiger partial charge in [-0.05, 0) is 84.5 Å². The van der Waals surface area contributed by atoms with Crippen molar-refractivity contribution in [2.45, 2.75) is 88.6 Å². The maximum absolute atomic E-state index is 14.2. The first-order valence-corrected chi connectivity index (χ1v) is 21.5. The van der Waals surface area contributed by atoms with Crippen LogP contribution in [0.5, 0.6) is 0 Å². The smallest absolute Gasteiger partial charge is 0.407 e. The Kier molecular flexibility index (Phi) is 10.9. The van der Waals surface area contributed by atoms with Crippen LogP contribution in [0.4, 0.5) is 9.59 Å². The number of ether oxygens (including phenoxy) is 2. The molecule has 4 aromatic rings. The predicted octanol–water partition coefficient (Wildman–Crippen LogP) is 6.75. The van der Waals surface area contributed by atoms with Gasteiger partial charge in [-0.2, -0.15) is 0 Å². The van der Waals surface area contributed by atoms with Crippen LogP contribution in [0.2, 0.25) is 0 Å². The minimum atomic E-state index is -1.10. The molecule has 5 fully saturated rings. The van der Waals surface area contributed by atoms with Gasteiger partial charge in [0.2, 0.25) is 11.8 Å². The molecule has 320 valence electrons. The van der Waals surface area contributed by atoms with E-state index < -0.39 is 24.3 Å². The monoisotopic (exact) mass is 830 g/mol. The fourth-order valence-electron chi connectivity index (χ4n) is 9.93. The second-order valence-corrected chi connectivity index (χ2v) is 17.7. The van der Waals surface area contributed by atoms with Crippen LogP contribution in [-0.2, 0) is 19.1 Å². The number of fused-ring (bicyclic) bond motifs is 2. The molecule has 0 bridgehead atoms. The Bertz CT molecular complexity index is 2300. The summed E-state index contributed by atoms with van der Waals surface area (Å²) >= 11 is 0. The van der Waals surface area contributed by atoms with Gasteiger partial charge in [0, 0.05) is 32.3 Å². The van der Waals surface area contributed by atoms with Crippen LogP contribution in [0, 0.1) is 23.7 Å². The van der Waals surface area contributed by atoms with E-state index in [4.69, 9.17) is 19.4 Å². The molecule has 5 heterocycles. The van der Waals surface area contributed by atoms with E-state index in [1.54, 1.807) is 0 Å². The van der Waals surface area contributed by atoms with Crippen molar-refractivity contribution in [1.82, 2.24) is 40.0 Å². The Balaban J connectivity index is 0.833. The first-order valence-electron chi connectivity index (χ1n) is 21.5. The van der Waals surface area contributed by atoms with E-state index >= 15 is 0 Å². The van der Waals surface area contributed by atoms with Gasteiger partial charge in [0.05, 0.1) is 43.0 Å². The molecule has 8 atom stereocenters. The van der Waals surface area contributed by atoms with Crippen molar-refractivity contribution in [1.29, 1.82) is 0 Å². The third kappa shape index (κ3) is 8.03. The van der Waals surface area contributed by atoms with E-state index in [1.807, 2.05) is 36.0 Å². The Morgan fingerprint density at radius 2 is 1.30 bits per heavy atom. The SMILES string of the molecule is COC(=O)N[C@H](C(=O)N1[C@@H]2C[C@@H]2C[C@H]1c1ncc(-c2ccc(/C=C/c3ccc(-c4cnc([C@@H]5C[C@H]6C[C@H]6N5C(=O)[C@H](C5CCOCC5)N(C)C(=O)O)[nH]4)cc3)cc2)[nH]1)C(C)C. The number of piperidine rings is 2. The molecule has 5 aliphatic rings. The molecule has 2 aromatic carbocycles. The number of nitrogens with one attached hydrogen (secondary N) is 3. The number of amides is 4. The molecule has 2 aromatic heterocycles. The molecule has 2 aliphatic carbocycles. The predicted molar refractivity (Wildman–Crippen MR) is 226 cm³/mol. The fourth-order valence-corrected chi connectivity index (χ4v) is 9.93. The van der Waals surface area contributed by atoms with Crippen molar-refractivity contribution in [2.75, 3.05) is 27.4 Å². The topological polar surface area (TPSA) is 186 Å². The summed E-state index contributed by atoms with van der Waals surface area (Å²) in [7, 11) is 2.80. The number of rotatable bonds is 12. The Morgan fingerprint density at radius 3 is 1.75 bits per heavy atom. The summed E-state index contributed by atoms with van der Waals surface area (Å²) in [5, 5.41) is 12.6. The molecular formula is C46H54N8O7. The van der Waals surface area contributed by atoms with Crippen LogP contribution in [0.15, 0.2) is 60.9 Å². The number of carboxylic acid groups (broad SMARTS) is 1. The number of carbonyl (C=O) groups excluding carboxylic acids is 3. The largest absolute Gasteiger partial charge is 0.465 e. The number of imidazole rings is 2. The van der Waals surface area contributed by atoms with Crippen molar-refractivity contribution >= 4 is 36.2 Å². The fraction of sp³-hybridized carbons (Fsp3) is 0.478. The number of aromatic amines is 2. The molecule has 61 heavy (non-hydrogen) atoms. The molecule has 3 aliphatic heterocycles. The third-order valence-electron chi connectivity index (χ3n) is 13.5. The van der Waals surface area contributed by atoms with Crippen LogP contribution in [-0.4, -0.2) is 115 Å². The van der Waals surface area contributed by atoms with Gasteiger partial charge in [0.15, 0.2) is 0 Å². The standard InChI is InChI=1S/C46H54N8O7/c1-25(2)39(51-45(57)60-4)43(55)53-35-19-31(35)21-37(53)41-47-23-33(49-41)28-11-7-26(8-12-28)5-6-27-9-13-29(14-10-27)34-24-48-42(50-34)38-22-32-20-36(32)54(38)44(56)40(52(3)46(58)59)30-15-17-61-18-16-30/h5-14,23-25,30-32,35-40H,15-22H2,1-4H3,(H,47,49)(H,48,50)(H,51,57)(H,58,59)/b6-5+/t31-,32-,35-,36-,37+,38+,39+,40+/m1/s1. The van der Waals surface area contributed by atoms with Gasteiger partial charge in [-0.15, -0.1) is 0 Å². The summed E-state index contributed by atoms with van der Waals surface area (Å²) in [5.74, 6) is 1.93. The van der Waals surface area contributed by atoms with Gasteiger partial charge >= 0.3 is 12.2 Å². The van der Waals surface area contributed by atoms with E-state index in [0.29, 0.717) is 37.9 Å². The zero-order chi connectivity index (χ0) is 42.5. The highest BCUT2D eigenvalue weighted by atomic mass is 16.5. The van der Waals surface area contributed by atoms with E-state index in [0.717, 1.165) is 71.0 Å². The number of methoxy groups -OCH3 is 1. The highest BCUT2D eigenvalue weighted by Crippen LogP contribution is 2.55. The molecule has 2 saturated carbocycles. The van der Waals surface area contributed by atoms with Gasteiger partial charge in [0.25, 0.3) is 0 Å². The normalized spacial score (nSPS) is 25.3. The van der Waals surface area contributed by atoms with Crippen molar-refractivity contribution in [3.05, 3.63) is 83.7 Å². The lowest BCUT2D eigenvalue weighted by Crippen LogP contribution is -2.54. The number of likely N-dealkylation sites (tertiary alicyclic amines) is 2. The summed E-state index contributed by atoms with van der Waals surface area (Å²) < 4.78 is 10.3. The average molecular weight is 831 g/mol. The van der Waals surface area contributed by atoms with Crippen LogP contribution < -0.4 is 5.32 Å². The number of aromatic nitrogens is 4. The van der Waals surface area contributed by atoms with E-state index in [1.165, 1.54) is 19.1 Å². The van der Waals surface area contributed by atoms with Crippen molar-refractivity contribution < 1.29 is 33.8 Å². The quantitative estimate of drug-likeness (QED) is 0.112. The Morgan fingerprint density at radius 1 is 0.803 bits per heavy atom. The Labute approximate surface area is 354 Å². The molecule has 4 amide bonds. The van der Waals surface area contributed by atoms with Crippen LogP contribution >= 0.6 is 0 Å². The van der Waals surface area contributed by atoms with Gasteiger partial charge in [-0.3, -0.25) is 14.5 Å². The first-order chi connectivity index (χ1) is 29.5. The first kappa shape index (κ1) is 40.4. The van der Waals surface area contributed by atoms with Gasteiger partial charge in [-0.1, -0.05) is 74.5 Å². The lowest BCUT2D eigenvalue weighted by atomic mass is 9.89. The second-order valence-electron chi connectivity index (χ2n) is 17.7. The van der Waals surface area contributed by atoms with Gasteiger partial charge in [0.1, 0.15) is 23.7 Å². The Hall–Kier alpha value is -5.96. The van der Waals surface area contributed by atoms with E-state index in [9.17, 15) is 24.3 Å². The summed E-state index contributed by atoms with van der Waals surface area (Å²) in [4.78, 5) is 73.6. The lowest BCUT2D eigenvalue weighted by Gasteiger charge is -2.38. The zero-order valence-electron chi connectivity index (χ0n) is 35.0. The highest BCUT2D eigenvalue weighted by molar-refractivity contribution is 5.88. The maximum atomic E-state index is 14.2. The number of hydrogen-bond acceptors (Lipinski definition) is 8. The summed E-state index contributed by atoms with van der Waals surface area (Å²) in [5.41, 5.74) is 5.78. The summed E-state index contributed by atoms with van der Waals surface area (Å²) in [6.07, 6.45) is 10.9. The molecular weight excluding hydrogens is 777 g/mol. The second kappa shape index (κ2) is 16.5. The average Bonchev–Trinajstić information content (AvgIpc) is 3.85. The molecule has 9 rings (SSSR count). The maximum Gasteiger partial charge on any atom is 0.407 e. The van der Waals surface area contributed by atoms with Crippen molar-refractivity contribution in [3.63, 3.8) is 0 Å². The van der Waals surface area contributed by atoms with E-state index in [-0.39, 0.29) is 47.8 Å². The molecule has 3 saturated heterocycles. The minimum absolute atomic E-state index is 0.0840. The molecule has 4 N–H and O–H groups in total. The van der Waals surface area contributed by atoms with Crippen molar-refractivity contribution in [2.24, 2.45) is 23.7 Å². The molecule has 0 unspecified atom stereocenters. The number of likely N-dealkylation sites (N-methyl/N-ethyl adjacent to an activating group) is 1. The number of carbonyl (C=O) groups is 4. The van der Waals surface area contributed by atoms with Gasteiger partial charge < -0.3 is 39.7 Å². The molecule has 15 heteroatoms. The zero-order valence-corrected chi connectivity index (χ0v) is 35.0. The van der Waals surface area contributed by atoms with Gasteiger partial charge in [-0.25, -0.2) is 19.6 Å². The van der Waals surface area contributed by atoms with Crippen LogP contribution in [0.1, 0.15) is 87.2 Å². The molecule has 15 nitrogen and oxygen atoms in total.